The molecule has 0 atom stereocenters. The number of nitrogens with one attached hydrogen (secondary N) is 1. The van der Waals surface area contributed by atoms with Crippen LogP contribution in [0.2, 0.25) is 0 Å². The number of thiophene rings is 1. The SMILES string of the molecule is O=C(O)/C=C/CNC(=O)c1cc2cc(F)ccc2s1. The van der Waals surface area contributed by atoms with Gasteiger partial charge in [-0.1, -0.05) is 6.08 Å². The Hall–Kier alpha value is -2.21. The second kappa shape index (κ2) is 5.62. The van der Waals surface area contributed by atoms with E-state index in [2.05, 4.69) is 5.32 Å². The van der Waals surface area contributed by atoms with Gasteiger partial charge in [0.25, 0.3) is 5.91 Å². The molecule has 0 aliphatic heterocycles. The van der Waals surface area contributed by atoms with E-state index in [0.717, 1.165) is 10.8 Å². The van der Waals surface area contributed by atoms with Crippen molar-refractivity contribution in [3.63, 3.8) is 0 Å². The van der Waals surface area contributed by atoms with Crippen LogP contribution in [0.15, 0.2) is 36.4 Å². The molecule has 1 aromatic carbocycles. The van der Waals surface area contributed by atoms with E-state index in [1.807, 2.05) is 0 Å². The molecule has 0 saturated carbocycles. The third-order valence-corrected chi connectivity index (χ3v) is 3.46. The van der Waals surface area contributed by atoms with Crippen molar-refractivity contribution >= 4 is 33.3 Å². The van der Waals surface area contributed by atoms with Crippen molar-refractivity contribution < 1.29 is 19.1 Å². The number of carboxylic acid groups (broad SMARTS) is 1. The molecule has 0 aliphatic rings. The number of benzene rings is 1. The Kier molecular flexibility index (Phi) is 3.91. The van der Waals surface area contributed by atoms with Crippen molar-refractivity contribution in [1.29, 1.82) is 0 Å². The molecule has 4 nitrogen and oxygen atoms in total. The third kappa shape index (κ3) is 3.38. The van der Waals surface area contributed by atoms with Crippen LogP contribution in [-0.4, -0.2) is 23.5 Å². The van der Waals surface area contributed by atoms with Crippen LogP contribution in [0.5, 0.6) is 0 Å². The van der Waals surface area contributed by atoms with Gasteiger partial charge >= 0.3 is 5.97 Å². The summed E-state index contributed by atoms with van der Waals surface area (Å²) in [5.41, 5.74) is 0. The van der Waals surface area contributed by atoms with E-state index in [1.54, 1.807) is 12.1 Å². The number of rotatable bonds is 4. The van der Waals surface area contributed by atoms with Crippen molar-refractivity contribution in [3.05, 3.63) is 47.1 Å². The summed E-state index contributed by atoms with van der Waals surface area (Å²) in [5, 5.41) is 11.6. The van der Waals surface area contributed by atoms with E-state index in [0.29, 0.717) is 10.3 Å². The molecule has 0 unspecified atom stereocenters. The Morgan fingerprint density at radius 3 is 2.89 bits per heavy atom. The maximum absolute atomic E-state index is 13.0. The van der Waals surface area contributed by atoms with Crippen LogP contribution in [-0.2, 0) is 4.79 Å². The largest absolute Gasteiger partial charge is 0.478 e. The Balaban J connectivity index is 2.07. The van der Waals surface area contributed by atoms with Crippen LogP contribution in [0.25, 0.3) is 10.1 Å². The Morgan fingerprint density at radius 1 is 1.37 bits per heavy atom. The fourth-order valence-corrected chi connectivity index (χ4v) is 2.48. The number of carbonyl (C=O) groups is 2. The highest BCUT2D eigenvalue weighted by atomic mass is 32.1. The van der Waals surface area contributed by atoms with Crippen LogP contribution in [0, 0.1) is 5.82 Å². The zero-order valence-corrected chi connectivity index (χ0v) is 10.5. The fraction of sp³-hybridized carbons (Fsp3) is 0.0769. The summed E-state index contributed by atoms with van der Waals surface area (Å²) in [4.78, 5) is 22.5. The van der Waals surface area contributed by atoms with Crippen molar-refractivity contribution in [1.82, 2.24) is 5.32 Å². The predicted molar refractivity (Wildman–Crippen MR) is 70.9 cm³/mol. The van der Waals surface area contributed by atoms with Crippen LogP contribution in [0.3, 0.4) is 0 Å². The summed E-state index contributed by atoms with van der Waals surface area (Å²) < 4.78 is 13.8. The van der Waals surface area contributed by atoms with Gasteiger partial charge in [0, 0.05) is 17.3 Å². The fourth-order valence-electron chi connectivity index (χ4n) is 1.52. The zero-order valence-electron chi connectivity index (χ0n) is 9.72. The van der Waals surface area contributed by atoms with Gasteiger partial charge in [-0.2, -0.15) is 0 Å². The molecule has 2 rings (SSSR count). The molecular formula is C13H10FNO3S. The maximum Gasteiger partial charge on any atom is 0.328 e. The lowest BCUT2D eigenvalue weighted by Gasteiger charge is -1.97. The minimum atomic E-state index is -1.06. The quantitative estimate of drug-likeness (QED) is 0.845. The summed E-state index contributed by atoms with van der Waals surface area (Å²) in [7, 11) is 0. The van der Waals surface area contributed by atoms with Gasteiger partial charge in [0.1, 0.15) is 5.82 Å². The van der Waals surface area contributed by atoms with Crippen LogP contribution in [0.4, 0.5) is 4.39 Å². The van der Waals surface area contributed by atoms with Gasteiger partial charge < -0.3 is 10.4 Å². The average Bonchev–Trinajstić information content (AvgIpc) is 2.77. The van der Waals surface area contributed by atoms with Crippen molar-refractivity contribution in [3.8, 4) is 0 Å². The molecule has 0 aliphatic carbocycles. The van der Waals surface area contributed by atoms with Crippen molar-refractivity contribution in [2.75, 3.05) is 6.54 Å². The van der Waals surface area contributed by atoms with Crippen molar-refractivity contribution in [2.24, 2.45) is 0 Å². The summed E-state index contributed by atoms with van der Waals surface area (Å²) in [6, 6.07) is 5.94. The zero-order chi connectivity index (χ0) is 13.8. The van der Waals surface area contributed by atoms with Crippen LogP contribution >= 0.6 is 11.3 Å². The molecule has 19 heavy (non-hydrogen) atoms. The highest BCUT2D eigenvalue weighted by Gasteiger charge is 2.09. The number of carboxylic acids is 1. The molecule has 0 spiro atoms. The molecule has 1 amide bonds. The predicted octanol–water partition coefficient (Wildman–Crippen LogP) is 2.41. The number of carbonyl (C=O) groups excluding carboxylic acids is 1. The Labute approximate surface area is 112 Å². The average molecular weight is 279 g/mol. The molecule has 6 heteroatoms. The van der Waals surface area contributed by atoms with Gasteiger partial charge in [-0.25, -0.2) is 9.18 Å². The van der Waals surface area contributed by atoms with E-state index in [4.69, 9.17) is 5.11 Å². The standard InChI is InChI=1S/C13H10FNO3S/c14-9-3-4-10-8(6-9)7-11(19-10)13(18)15-5-1-2-12(16)17/h1-4,6-7H,5H2,(H,15,18)(H,16,17)/b2-1+. The van der Waals surface area contributed by atoms with E-state index in [9.17, 15) is 14.0 Å². The molecule has 0 saturated heterocycles. The molecule has 0 radical (unpaired) electrons. The maximum atomic E-state index is 13.0. The monoisotopic (exact) mass is 279 g/mol. The highest BCUT2D eigenvalue weighted by Crippen LogP contribution is 2.26. The third-order valence-electron chi connectivity index (χ3n) is 2.34. The van der Waals surface area contributed by atoms with Gasteiger partial charge in [0.05, 0.1) is 4.88 Å². The van der Waals surface area contributed by atoms with Gasteiger partial charge in [-0.3, -0.25) is 4.79 Å². The Morgan fingerprint density at radius 2 is 2.16 bits per heavy atom. The number of amides is 1. The number of halogens is 1. The van der Waals surface area contributed by atoms with E-state index in [-0.39, 0.29) is 18.3 Å². The second-order valence-electron chi connectivity index (χ2n) is 3.74. The lowest BCUT2D eigenvalue weighted by molar-refractivity contribution is -0.131. The number of fused-ring (bicyclic) bond motifs is 1. The smallest absolute Gasteiger partial charge is 0.328 e. The number of hydrogen-bond donors (Lipinski definition) is 2. The summed E-state index contributed by atoms with van der Waals surface area (Å²) in [5.74, 6) is -1.72. The van der Waals surface area contributed by atoms with Crippen LogP contribution < -0.4 is 5.32 Å². The Bertz CT molecular complexity index is 663. The lowest BCUT2D eigenvalue weighted by Crippen LogP contribution is -2.22. The lowest BCUT2D eigenvalue weighted by atomic mass is 10.2. The molecule has 2 aromatic rings. The van der Waals surface area contributed by atoms with Gasteiger partial charge in [-0.15, -0.1) is 11.3 Å². The van der Waals surface area contributed by atoms with E-state index < -0.39 is 5.97 Å². The number of aliphatic carboxylic acids is 1. The molecule has 1 aromatic heterocycles. The topological polar surface area (TPSA) is 66.4 Å². The molecule has 0 bridgehead atoms. The number of hydrogen-bond acceptors (Lipinski definition) is 3. The second-order valence-corrected chi connectivity index (χ2v) is 4.83. The summed E-state index contributed by atoms with van der Waals surface area (Å²) in [6.07, 6.45) is 2.30. The molecule has 0 fully saturated rings. The first-order valence-corrected chi connectivity index (χ1v) is 6.24. The summed E-state index contributed by atoms with van der Waals surface area (Å²) in [6.45, 7) is 0.133. The molecule has 2 N–H and O–H groups in total. The first kappa shape index (κ1) is 13.2. The first-order valence-electron chi connectivity index (χ1n) is 5.43. The van der Waals surface area contributed by atoms with Crippen LogP contribution in [0.1, 0.15) is 9.67 Å². The van der Waals surface area contributed by atoms with Gasteiger partial charge in [0.2, 0.25) is 0 Å². The van der Waals surface area contributed by atoms with Gasteiger partial charge in [-0.05, 0) is 29.7 Å². The minimum absolute atomic E-state index is 0.133. The summed E-state index contributed by atoms with van der Waals surface area (Å²) >= 11 is 1.26. The minimum Gasteiger partial charge on any atom is -0.478 e. The van der Waals surface area contributed by atoms with E-state index in [1.165, 1.54) is 29.5 Å². The molecule has 1 heterocycles. The highest BCUT2D eigenvalue weighted by molar-refractivity contribution is 7.20. The van der Waals surface area contributed by atoms with Crippen molar-refractivity contribution in [2.45, 2.75) is 0 Å². The van der Waals surface area contributed by atoms with Gasteiger partial charge in [0.15, 0.2) is 0 Å². The van der Waals surface area contributed by atoms with E-state index >= 15 is 0 Å². The molecule has 98 valence electrons. The molecular weight excluding hydrogens is 269 g/mol. The normalized spacial score (nSPS) is 11.0. The first-order chi connectivity index (χ1) is 9.06.